The third kappa shape index (κ3) is 2.76. The van der Waals surface area contributed by atoms with Crippen LogP contribution in [0.1, 0.15) is 24.8 Å². The summed E-state index contributed by atoms with van der Waals surface area (Å²) < 4.78 is 6.06. The minimum absolute atomic E-state index is 0.398. The average Bonchev–Trinajstić information content (AvgIpc) is 2.70. The van der Waals surface area contributed by atoms with E-state index in [9.17, 15) is 0 Å². The van der Waals surface area contributed by atoms with Crippen molar-refractivity contribution in [2.24, 2.45) is 5.92 Å². The van der Waals surface area contributed by atoms with Crippen LogP contribution in [-0.2, 0) is 0 Å². The molecule has 2 heteroatoms. The van der Waals surface area contributed by atoms with Gasteiger partial charge < -0.3 is 10.1 Å². The van der Waals surface area contributed by atoms with Crippen molar-refractivity contribution in [1.82, 2.24) is 5.32 Å². The van der Waals surface area contributed by atoms with Gasteiger partial charge >= 0.3 is 0 Å². The van der Waals surface area contributed by atoms with Crippen LogP contribution >= 0.6 is 0 Å². The Balaban J connectivity index is 1.95. The molecular weight excluding hydrogens is 198 g/mol. The van der Waals surface area contributed by atoms with E-state index < -0.39 is 0 Å². The van der Waals surface area contributed by atoms with E-state index in [1.807, 2.05) is 7.05 Å². The van der Waals surface area contributed by atoms with E-state index in [1.54, 1.807) is 0 Å². The van der Waals surface area contributed by atoms with Crippen molar-refractivity contribution in [1.29, 1.82) is 0 Å². The van der Waals surface area contributed by atoms with Gasteiger partial charge in [0.15, 0.2) is 0 Å². The molecule has 0 heterocycles. The lowest BCUT2D eigenvalue weighted by Gasteiger charge is -2.21. The van der Waals surface area contributed by atoms with E-state index in [2.05, 4.69) is 36.5 Å². The first-order valence-electron chi connectivity index (χ1n) is 6.17. The number of nitrogens with one attached hydrogen (secondary N) is 1. The highest BCUT2D eigenvalue weighted by atomic mass is 16.5. The van der Waals surface area contributed by atoms with Crippen LogP contribution in [0.5, 0.6) is 5.75 Å². The molecule has 0 aliphatic heterocycles. The minimum Gasteiger partial charge on any atom is -0.490 e. The largest absolute Gasteiger partial charge is 0.490 e. The third-order valence-corrected chi connectivity index (χ3v) is 3.36. The minimum atomic E-state index is 0.398. The molecule has 0 saturated heterocycles. The summed E-state index contributed by atoms with van der Waals surface area (Å²) in [5.41, 5.74) is 1.28. The number of aryl methyl sites for hydroxylation is 1. The summed E-state index contributed by atoms with van der Waals surface area (Å²) in [5, 5.41) is 3.25. The smallest absolute Gasteiger partial charge is 0.119 e. The van der Waals surface area contributed by atoms with Crippen molar-refractivity contribution in [3.8, 4) is 5.75 Å². The Labute approximate surface area is 98.0 Å². The van der Waals surface area contributed by atoms with Crippen LogP contribution in [0.4, 0.5) is 0 Å². The predicted molar refractivity (Wildman–Crippen MR) is 66.9 cm³/mol. The van der Waals surface area contributed by atoms with Crippen LogP contribution in [0.25, 0.3) is 0 Å². The lowest BCUT2D eigenvalue weighted by Crippen LogP contribution is -2.29. The van der Waals surface area contributed by atoms with E-state index >= 15 is 0 Å². The fourth-order valence-electron chi connectivity index (χ4n) is 2.45. The van der Waals surface area contributed by atoms with Crippen molar-refractivity contribution >= 4 is 0 Å². The molecule has 1 aromatic rings. The number of hydrogen-bond acceptors (Lipinski definition) is 2. The second-order valence-electron chi connectivity index (χ2n) is 4.72. The molecule has 16 heavy (non-hydrogen) atoms. The molecule has 1 fully saturated rings. The zero-order chi connectivity index (χ0) is 11.4. The molecule has 2 nitrogen and oxygen atoms in total. The summed E-state index contributed by atoms with van der Waals surface area (Å²) in [6.07, 6.45) is 4.18. The molecule has 1 aliphatic carbocycles. The normalized spacial score (nSPS) is 24.6. The van der Waals surface area contributed by atoms with Gasteiger partial charge in [-0.3, -0.25) is 0 Å². The molecule has 0 aromatic heterocycles. The van der Waals surface area contributed by atoms with Gasteiger partial charge in [0.1, 0.15) is 11.9 Å². The van der Waals surface area contributed by atoms with Gasteiger partial charge in [-0.15, -0.1) is 0 Å². The summed E-state index contributed by atoms with van der Waals surface area (Å²) in [6, 6.07) is 8.36. The van der Waals surface area contributed by atoms with E-state index in [-0.39, 0.29) is 0 Å². The quantitative estimate of drug-likeness (QED) is 0.840. The van der Waals surface area contributed by atoms with Crippen molar-refractivity contribution in [2.45, 2.75) is 32.3 Å². The summed E-state index contributed by atoms with van der Waals surface area (Å²) in [4.78, 5) is 0. The number of ether oxygens (including phenoxy) is 1. The third-order valence-electron chi connectivity index (χ3n) is 3.36. The van der Waals surface area contributed by atoms with Crippen molar-refractivity contribution < 1.29 is 4.74 Å². The van der Waals surface area contributed by atoms with E-state index in [1.165, 1.54) is 24.8 Å². The van der Waals surface area contributed by atoms with Crippen LogP contribution in [-0.4, -0.2) is 19.7 Å². The molecule has 1 aromatic carbocycles. The van der Waals surface area contributed by atoms with Gasteiger partial charge in [0.05, 0.1) is 0 Å². The molecular formula is C14H21NO. The Morgan fingerprint density at radius 3 is 2.69 bits per heavy atom. The Bertz CT molecular complexity index is 320. The molecule has 2 rings (SSSR count). The molecule has 88 valence electrons. The second kappa shape index (κ2) is 5.35. The molecule has 0 amide bonds. The van der Waals surface area contributed by atoms with Crippen LogP contribution in [0.3, 0.4) is 0 Å². The Hall–Kier alpha value is -1.02. The number of hydrogen-bond donors (Lipinski definition) is 1. The summed E-state index contributed by atoms with van der Waals surface area (Å²) in [5.74, 6) is 1.69. The SMILES string of the molecule is CNCC1CCCC1Oc1ccc(C)cc1. The Kier molecular flexibility index (Phi) is 3.83. The zero-order valence-electron chi connectivity index (χ0n) is 10.2. The summed E-state index contributed by atoms with van der Waals surface area (Å²) in [7, 11) is 2.02. The van der Waals surface area contributed by atoms with Crippen molar-refractivity contribution in [3.05, 3.63) is 29.8 Å². The standard InChI is InChI=1S/C14H21NO/c1-11-6-8-13(9-7-11)16-14-5-3-4-12(14)10-15-2/h6-9,12,14-15H,3-5,10H2,1-2H3. The van der Waals surface area contributed by atoms with Crippen molar-refractivity contribution in [3.63, 3.8) is 0 Å². The summed E-state index contributed by atoms with van der Waals surface area (Å²) in [6.45, 7) is 3.17. The van der Waals surface area contributed by atoms with Gasteiger partial charge in [-0.25, -0.2) is 0 Å². The fourth-order valence-corrected chi connectivity index (χ4v) is 2.45. The first kappa shape index (κ1) is 11.5. The molecule has 2 unspecified atom stereocenters. The predicted octanol–water partition coefficient (Wildman–Crippen LogP) is 2.76. The van der Waals surface area contributed by atoms with Crippen LogP contribution in [0, 0.1) is 12.8 Å². The highest BCUT2D eigenvalue weighted by molar-refractivity contribution is 5.26. The van der Waals surface area contributed by atoms with Gasteiger partial charge in [0.25, 0.3) is 0 Å². The monoisotopic (exact) mass is 219 g/mol. The second-order valence-corrected chi connectivity index (χ2v) is 4.72. The summed E-state index contributed by atoms with van der Waals surface area (Å²) >= 11 is 0. The molecule has 1 aliphatic rings. The van der Waals surface area contributed by atoms with Crippen LogP contribution < -0.4 is 10.1 Å². The topological polar surface area (TPSA) is 21.3 Å². The zero-order valence-corrected chi connectivity index (χ0v) is 10.2. The molecule has 1 N–H and O–H groups in total. The molecule has 2 atom stereocenters. The van der Waals surface area contributed by atoms with Gasteiger partial charge in [-0.2, -0.15) is 0 Å². The molecule has 0 bridgehead atoms. The van der Waals surface area contributed by atoms with E-state index in [0.29, 0.717) is 12.0 Å². The number of rotatable bonds is 4. The van der Waals surface area contributed by atoms with Gasteiger partial charge in [0.2, 0.25) is 0 Å². The van der Waals surface area contributed by atoms with Gasteiger partial charge in [0, 0.05) is 12.5 Å². The maximum absolute atomic E-state index is 6.06. The van der Waals surface area contributed by atoms with E-state index in [0.717, 1.165) is 12.3 Å². The van der Waals surface area contributed by atoms with Crippen molar-refractivity contribution in [2.75, 3.05) is 13.6 Å². The molecule has 0 spiro atoms. The van der Waals surface area contributed by atoms with Gasteiger partial charge in [-0.1, -0.05) is 17.7 Å². The molecule has 1 saturated carbocycles. The van der Waals surface area contributed by atoms with Gasteiger partial charge in [-0.05, 0) is 45.4 Å². The highest BCUT2D eigenvalue weighted by Gasteiger charge is 2.28. The maximum atomic E-state index is 6.06. The Morgan fingerprint density at radius 1 is 1.25 bits per heavy atom. The molecule has 0 radical (unpaired) electrons. The van der Waals surface area contributed by atoms with Crippen LogP contribution in [0.2, 0.25) is 0 Å². The average molecular weight is 219 g/mol. The maximum Gasteiger partial charge on any atom is 0.119 e. The van der Waals surface area contributed by atoms with E-state index in [4.69, 9.17) is 4.74 Å². The lowest BCUT2D eigenvalue weighted by atomic mass is 10.1. The number of benzene rings is 1. The lowest BCUT2D eigenvalue weighted by molar-refractivity contribution is 0.158. The first-order chi connectivity index (χ1) is 7.79. The van der Waals surface area contributed by atoms with Crippen LogP contribution in [0.15, 0.2) is 24.3 Å². The highest BCUT2D eigenvalue weighted by Crippen LogP contribution is 2.29. The Morgan fingerprint density at radius 2 is 2.00 bits per heavy atom. The fraction of sp³-hybridized carbons (Fsp3) is 0.571. The first-order valence-corrected chi connectivity index (χ1v) is 6.17.